The molecule has 8 heteroatoms. The van der Waals surface area contributed by atoms with E-state index in [1.54, 1.807) is 18.9 Å². The van der Waals surface area contributed by atoms with E-state index in [4.69, 9.17) is 9.26 Å². The number of carbonyl (C=O) groups is 2. The molecule has 1 saturated heterocycles. The van der Waals surface area contributed by atoms with Crippen LogP contribution in [0.4, 0.5) is 5.69 Å². The number of amides is 2. The van der Waals surface area contributed by atoms with E-state index < -0.39 is 11.5 Å². The maximum Gasteiger partial charge on any atom is 0.252 e. The van der Waals surface area contributed by atoms with Crippen molar-refractivity contribution in [1.82, 2.24) is 15.5 Å². The van der Waals surface area contributed by atoms with Gasteiger partial charge < -0.3 is 19.5 Å². The highest BCUT2D eigenvalue weighted by atomic mass is 16.5. The Labute approximate surface area is 169 Å². The van der Waals surface area contributed by atoms with Crippen LogP contribution in [-0.2, 0) is 15.1 Å². The number of rotatable bonds is 5. The Morgan fingerprint density at radius 2 is 1.97 bits per heavy atom. The van der Waals surface area contributed by atoms with Gasteiger partial charge in [-0.05, 0) is 44.0 Å². The monoisotopic (exact) mass is 398 g/mol. The first kappa shape index (κ1) is 19.4. The summed E-state index contributed by atoms with van der Waals surface area (Å²) >= 11 is 0. The van der Waals surface area contributed by atoms with Crippen LogP contribution in [0.3, 0.4) is 0 Å². The van der Waals surface area contributed by atoms with Crippen molar-refractivity contribution in [3.8, 4) is 5.75 Å². The molecule has 1 unspecified atom stereocenters. The minimum absolute atomic E-state index is 0.0540. The molecule has 1 saturated carbocycles. The second-order valence-corrected chi connectivity index (χ2v) is 7.88. The highest BCUT2D eigenvalue weighted by molar-refractivity contribution is 6.00. The van der Waals surface area contributed by atoms with Crippen molar-refractivity contribution in [2.24, 2.45) is 5.92 Å². The molecule has 0 bridgehead atoms. The molecule has 2 fully saturated rings. The van der Waals surface area contributed by atoms with Crippen LogP contribution in [0.5, 0.6) is 5.75 Å². The van der Waals surface area contributed by atoms with Gasteiger partial charge in [0, 0.05) is 18.7 Å². The Balaban J connectivity index is 1.49. The van der Waals surface area contributed by atoms with Gasteiger partial charge in [0.1, 0.15) is 11.3 Å². The van der Waals surface area contributed by atoms with Crippen LogP contribution >= 0.6 is 0 Å². The van der Waals surface area contributed by atoms with Crippen molar-refractivity contribution in [3.63, 3.8) is 0 Å². The molecular formula is C21H26N4O4. The zero-order chi connectivity index (χ0) is 20.4. The third-order valence-electron chi connectivity index (χ3n) is 5.89. The molecule has 1 N–H and O–H groups in total. The third kappa shape index (κ3) is 3.83. The largest absolute Gasteiger partial charge is 0.497 e. The normalized spacial score (nSPS) is 21.2. The molecule has 2 amide bonds. The lowest BCUT2D eigenvalue weighted by Gasteiger charge is -2.35. The quantitative estimate of drug-likeness (QED) is 0.832. The van der Waals surface area contributed by atoms with Crippen molar-refractivity contribution < 1.29 is 18.8 Å². The van der Waals surface area contributed by atoms with Crippen LogP contribution in [0.2, 0.25) is 0 Å². The van der Waals surface area contributed by atoms with Crippen molar-refractivity contribution in [3.05, 3.63) is 36.0 Å². The SMILES string of the molecule is COc1ccc(N2CC(C(=O)NC3(c4nc(C)no4)CCCCC3)CC2=O)cc1. The lowest BCUT2D eigenvalue weighted by atomic mass is 9.81. The van der Waals surface area contributed by atoms with Crippen LogP contribution < -0.4 is 15.0 Å². The molecule has 8 nitrogen and oxygen atoms in total. The fraction of sp³-hybridized carbons (Fsp3) is 0.524. The second kappa shape index (κ2) is 7.85. The van der Waals surface area contributed by atoms with Crippen molar-refractivity contribution in [2.45, 2.75) is 51.0 Å². The first-order valence-electron chi connectivity index (χ1n) is 10.1. The molecule has 1 aliphatic carbocycles. The molecule has 2 aliphatic rings. The van der Waals surface area contributed by atoms with Gasteiger partial charge in [0.2, 0.25) is 11.8 Å². The van der Waals surface area contributed by atoms with E-state index in [0.717, 1.165) is 43.5 Å². The van der Waals surface area contributed by atoms with Crippen LogP contribution in [0.15, 0.2) is 28.8 Å². The van der Waals surface area contributed by atoms with Gasteiger partial charge in [-0.2, -0.15) is 4.98 Å². The van der Waals surface area contributed by atoms with E-state index >= 15 is 0 Å². The Morgan fingerprint density at radius 1 is 1.24 bits per heavy atom. The fourth-order valence-electron chi connectivity index (χ4n) is 4.27. The summed E-state index contributed by atoms with van der Waals surface area (Å²) < 4.78 is 10.6. The van der Waals surface area contributed by atoms with Crippen molar-refractivity contribution in [1.29, 1.82) is 0 Å². The van der Waals surface area contributed by atoms with Crippen molar-refractivity contribution in [2.75, 3.05) is 18.6 Å². The molecule has 2 aromatic rings. The maximum atomic E-state index is 13.1. The molecule has 4 rings (SSSR count). The van der Waals surface area contributed by atoms with Crippen LogP contribution in [0.1, 0.15) is 50.2 Å². The minimum Gasteiger partial charge on any atom is -0.497 e. The van der Waals surface area contributed by atoms with E-state index in [2.05, 4.69) is 15.5 Å². The average Bonchev–Trinajstić information content (AvgIpc) is 3.35. The van der Waals surface area contributed by atoms with Crippen LogP contribution in [0.25, 0.3) is 0 Å². The van der Waals surface area contributed by atoms with Crippen LogP contribution in [0, 0.1) is 12.8 Å². The number of hydrogen-bond acceptors (Lipinski definition) is 6. The number of methoxy groups -OCH3 is 1. The van der Waals surface area contributed by atoms with Gasteiger partial charge in [-0.25, -0.2) is 0 Å². The highest BCUT2D eigenvalue weighted by Crippen LogP contribution is 2.37. The van der Waals surface area contributed by atoms with E-state index in [0.29, 0.717) is 18.3 Å². The number of nitrogens with one attached hydrogen (secondary N) is 1. The number of benzene rings is 1. The van der Waals surface area contributed by atoms with Gasteiger partial charge >= 0.3 is 0 Å². The molecule has 1 aliphatic heterocycles. The second-order valence-electron chi connectivity index (χ2n) is 7.88. The summed E-state index contributed by atoms with van der Waals surface area (Å²) in [5.41, 5.74) is 0.138. The van der Waals surface area contributed by atoms with E-state index in [1.807, 2.05) is 24.3 Å². The van der Waals surface area contributed by atoms with E-state index in [9.17, 15) is 9.59 Å². The molecule has 29 heavy (non-hydrogen) atoms. The first-order chi connectivity index (χ1) is 14.0. The predicted molar refractivity (Wildman–Crippen MR) is 105 cm³/mol. The predicted octanol–water partition coefficient (Wildman–Crippen LogP) is 2.72. The number of anilines is 1. The van der Waals surface area contributed by atoms with Gasteiger partial charge in [0.15, 0.2) is 5.82 Å². The van der Waals surface area contributed by atoms with Crippen LogP contribution in [-0.4, -0.2) is 35.6 Å². The standard InChI is InChI=1S/C21H26N4O4/c1-14-22-20(29-24-14)21(10-4-3-5-11-21)23-19(27)15-12-18(26)25(13-15)16-6-8-17(28-2)9-7-16/h6-9,15H,3-5,10-13H2,1-2H3,(H,23,27). The topological polar surface area (TPSA) is 97.6 Å². The number of ether oxygens (including phenoxy) is 1. The maximum absolute atomic E-state index is 13.1. The van der Waals surface area contributed by atoms with Gasteiger partial charge in [-0.3, -0.25) is 9.59 Å². The molecule has 2 heterocycles. The highest BCUT2D eigenvalue weighted by Gasteiger charge is 2.43. The lowest BCUT2D eigenvalue weighted by molar-refractivity contribution is -0.129. The number of carbonyl (C=O) groups excluding carboxylic acids is 2. The number of aromatic nitrogens is 2. The third-order valence-corrected chi connectivity index (χ3v) is 5.89. The molecule has 0 spiro atoms. The summed E-state index contributed by atoms with van der Waals surface area (Å²) in [6, 6.07) is 7.29. The zero-order valence-electron chi connectivity index (χ0n) is 16.8. The molecule has 1 aromatic carbocycles. The number of aryl methyl sites for hydroxylation is 1. The summed E-state index contributed by atoms with van der Waals surface area (Å²) in [5.74, 6) is 1.16. The summed E-state index contributed by atoms with van der Waals surface area (Å²) in [6.45, 7) is 2.13. The number of nitrogens with zero attached hydrogens (tertiary/aromatic N) is 3. The molecule has 1 aromatic heterocycles. The summed E-state index contributed by atoms with van der Waals surface area (Å²) in [7, 11) is 1.60. The average molecular weight is 398 g/mol. The fourth-order valence-corrected chi connectivity index (χ4v) is 4.27. The smallest absolute Gasteiger partial charge is 0.252 e. The Morgan fingerprint density at radius 3 is 2.59 bits per heavy atom. The van der Waals surface area contributed by atoms with Gasteiger partial charge in [0.25, 0.3) is 5.89 Å². The Kier molecular flexibility index (Phi) is 5.25. The first-order valence-corrected chi connectivity index (χ1v) is 10.1. The number of hydrogen-bond donors (Lipinski definition) is 1. The van der Waals surface area contributed by atoms with E-state index in [1.165, 1.54) is 0 Å². The van der Waals surface area contributed by atoms with Crippen molar-refractivity contribution >= 4 is 17.5 Å². The lowest BCUT2D eigenvalue weighted by Crippen LogP contribution is -2.50. The zero-order valence-corrected chi connectivity index (χ0v) is 16.8. The Bertz CT molecular complexity index is 886. The van der Waals surface area contributed by atoms with E-state index in [-0.39, 0.29) is 18.2 Å². The summed E-state index contributed by atoms with van der Waals surface area (Å²) in [4.78, 5) is 31.7. The Hall–Kier alpha value is -2.90. The molecular weight excluding hydrogens is 372 g/mol. The van der Waals surface area contributed by atoms with Gasteiger partial charge in [-0.1, -0.05) is 24.4 Å². The van der Waals surface area contributed by atoms with Gasteiger partial charge in [-0.15, -0.1) is 0 Å². The summed E-state index contributed by atoms with van der Waals surface area (Å²) in [6.07, 6.45) is 4.83. The molecule has 0 radical (unpaired) electrons. The molecule has 1 atom stereocenters. The van der Waals surface area contributed by atoms with Gasteiger partial charge in [0.05, 0.1) is 13.0 Å². The minimum atomic E-state index is -0.632. The summed E-state index contributed by atoms with van der Waals surface area (Å²) in [5, 5.41) is 7.09. The molecule has 154 valence electrons.